The van der Waals surface area contributed by atoms with Crippen LogP contribution in [0.4, 0.5) is 8.78 Å². The van der Waals surface area contributed by atoms with Gasteiger partial charge in [-0.1, -0.05) is 6.07 Å². The van der Waals surface area contributed by atoms with Gasteiger partial charge in [0.25, 0.3) is 0 Å². The Morgan fingerprint density at radius 3 is 2.63 bits per heavy atom. The summed E-state index contributed by atoms with van der Waals surface area (Å²) < 4.78 is 26.0. The molecular formula is C14H19F2NO2. The summed E-state index contributed by atoms with van der Waals surface area (Å²) >= 11 is 0. The Morgan fingerprint density at radius 2 is 1.95 bits per heavy atom. The van der Waals surface area contributed by atoms with Gasteiger partial charge in [0.15, 0.2) is 11.6 Å². The fraction of sp³-hybridized carbons (Fsp3) is 0.571. The number of nitrogens with zero attached hydrogens (tertiary/aromatic N) is 1. The fourth-order valence-corrected chi connectivity index (χ4v) is 2.45. The minimum atomic E-state index is -0.997. The zero-order valence-electron chi connectivity index (χ0n) is 10.8. The summed E-state index contributed by atoms with van der Waals surface area (Å²) in [5, 5.41) is 19.2. The number of benzene rings is 1. The zero-order chi connectivity index (χ0) is 13.9. The van der Waals surface area contributed by atoms with Crippen LogP contribution in [0.25, 0.3) is 0 Å². The Balaban J connectivity index is 1.98. The average molecular weight is 271 g/mol. The van der Waals surface area contributed by atoms with Gasteiger partial charge < -0.3 is 10.2 Å². The largest absolute Gasteiger partial charge is 0.393 e. The Morgan fingerprint density at radius 1 is 1.16 bits per heavy atom. The minimum Gasteiger partial charge on any atom is -0.393 e. The maximum Gasteiger partial charge on any atom is 0.159 e. The summed E-state index contributed by atoms with van der Waals surface area (Å²) in [7, 11) is 0. The highest BCUT2D eigenvalue weighted by molar-refractivity contribution is 5.17. The SMILES string of the molecule is OCC1(O)CCCN(Cc2ccc(F)c(F)c2)CC1. The van der Waals surface area contributed by atoms with E-state index in [1.807, 2.05) is 0 Å². The molecule has 1 saturated heterocycles. The highest BCUT2D eigenvalue weighted by Crippen LogP contribution is 2.23. The van der Waals surface area contributed by atoms with Crippen molar-refractivity contribution in [2.75, 3.05) is 19.7 Å². The van der Waals surface area contributed by atoms with E-state index in [1.165, 1.54) is 6.07 Å². The van der Waals surface area contributed by atoms with E-state index in [4.69, 9.17) is 5.11 Å². The third kappa shape index (κ3) is 3.72. The molecule has 1 fully saturated rings. The molecule has 1 aliphatic rings. The summed E-state index contributed by atoms with van der Waals surface area (Å²) in [6.07, 6.45) is 1.84. The van der Waals surface area contributed by atoms with Crippen molar-refractivity contribution in [1.29, 1.82) is 0 Å². The fourth-order valence-electron chi connectivity index (χ4n) is 2.45. The van der Waals surface area contributed by atoms with Crippen LogP contribution in [0.15, 0.2) is 18.2 Å². The molecule has 1 aromatic rings. The van der Waals surface area contributed by atoms with E-state index in [0.717, 1.165) is 19.0 Å². The van der Waals surface area contributed by atoms with Crippen LogP contribution in [0.2, 0.25) is 0 Å². The number of hydrogen-bond donors (Lipinski definition) is 2. The van der Waals surface area contributed by atoms with Crippen LogP contribution in [0.3, 0.4) is 0 Å². The van der Waals surface area contributed by atoms with Crippen molar-refractivity contribution in [3.05, 3.63) is 35.4 Å². The van der Waals surface area contributed by atoms with Crippen LogP contribution in [0, 0.1) is 11.6 Å². The third-order valence-electron chi connectivity index (χ3n) is 3.69. The van der Waals surface area contributed by atoms with Crippen LogP contribution in [-0.4, -0.2) is 40.4 Å². The van der Waals surface area contributed by atoms with E-state index >= 15 is 0 Å². The number of aliphatic hydroxyl groups is 2. The molecular weight excluding hydrogens is 252 g/mol. The van der Waals surface area contributed by atoms with E-state index in [1.54, 1.807) is 6.07 Å². The van der Waals surface area contributed by atoms with Crippen molar-refractivity contribution in [3.63, 3.8) is 0 Å². The Hall–Kier alpha value is -1.04. The number of likely N-dealkylation sites (tertiary alicyclic amines) is 1. The molecule has 3 nitrogen and oxygen atoms in total. The molecule has 5 heteroatoms. The monoisotopic (exact) mass is 271 g/mol. The standard InChI is InChI=1S/C14H19F2NO2/c15-12-3-2-11(8-13(12)16)9-17-6-1-4-14(19,10-18)5-7-17/h2-3,8,18-19H,1,4-7,9-10H2. The van der Waals surface area contributed by atoms with Gasteiger partial charge in [-0.05, 0) is 43.5 Å². The predicted octanol–water partition coefficient (Wildman–Crippen LogP) is 1.67. The molecule has 19 heavy (non-hydrogen) atoms. The molecule has 1 heterocycles. The highest BCUT2D eigenvalue weighted by Gasteiger charge is 2.29. The van der Waals surface area contributed by atoms with E-state index in [0.29, 0.717) is 31.5 Å². The quantitative estimate of drug-likeness (QED) is 0.879. The van der Waals surface area contributed by atoms with Gasteiger partial charge in [0.1, 0.15) is 0 Å². The number of aliphatic hydroxyl groups excluding tert-OH is 1. The maximum atomic E-state index is 13.1. The predicted molar refractivity (Wildman–Crippen MR) is 67.5 cm³/mol. The summed E-state index contributed by atoms with van der Waals surface area (Å²) in [4.78, 5) is 2.08. The molecule has 1 aliphatic heterocycles. The van der Waals surface area contributed by atoms with Gasteiger partial charge in [0.05, 0.1) is 12.2 Å². The molecule has 0 saturated carbocycles. The van der Waals surface area contributed by atoms with Crippen molar-refractivity contribution in [1.82, 2.24) is 4.90 Å². The molecule has 1 aromatic carbocycles. The zero-order valence-corrected chi connectivity index (χ0v) is 10.8. The first kappa shape index (κ1) is 14.4. The normalized spacial score (nSPS) is 25.3. The molecule has 0 radical (unpaired) electrons. The minimum absolute atomic E-state index is 0.230. The second-order valence-corrected chi connectivity index (χ2v) is 5.26. The lowest BCUT2D eigenvalue weighted by Gasteiger charge is -2.24. The summed E-state index contributed by atoms with van der Waals surface area (Å²) in [5.41, 5.74) is -0.281. The molecule has 0 aromatic heterocycles. The molecule has 0 amide bonds. The Kier molecular flexibility index (Phi) is 4.50. The number of halogens is 2. The lowest BCUT2D eigenvalue weighted by atomic mass is 9.96. The van der Waals surface area contributed by atoms with Crippen LogP contribution >= 0.6 is 0 Å². The summed E-state index contributed by atoms with van der Waals surface area (Å²) in [6, 6.07) is 3.91. The summed E-state index contributed by atoms with van der Waals surface area (Å²) in [5.74, 6) is -1.67. The first-order valence-corrected chi connectivity index (χ1v) is 6.52. The van der Waals surface area contributed by atoms with Gasteiger partial charge in [0, 0.05) is 13.1 Å². The lowest BCUT2D eigenvalue weighted by molar-refractivity contribution is -0.0255. The third-order valence-corrected chi connectivity index (χ3v) is 3.69. The van der Waals surface area contributed by atoms with E-state index in [2.05, 4.69) is 4.90 Å². The Labute approximate surface area is 111 Å². The lowest BCUT2D eigenvalue weighted by Crippen LogP contribution is -2.34. The van der Waals surface area contributed by atoms with E-state index < -0.39 is 17.2 Å². The van der Waals surface area contributed by atoms with Gasteiger partial charge in [0.2, 0.25) is 0 Å². The van der Waals surface area contributed by atoms with Crippen molar-refractivity contribution in [2.45, 2.75) is 31.4 Å². The van der Waals surface area contributed by atoms with Gasteiger partial charge in [-0.3, -0.25) is 4.90 Å². The first-order chi connectivity index (χ1) is 9.02. The van der Waals surface area contributed by atoms with Gasteiger partial charge in [-0.15, -0.1) is 0 Å². The second-order valence-electron chi connectivity index (χ2n) is 5.26. The molecule has 2 N–H and O–H groups in total. The Bertz CT molecular complexity index is 441. The van der Waals surface area contributed by atoms with Crippen molar-refractivity contribution >= 4 is 0 Å². The maximum absolute atomic E-state index is 13.1. The topological polar surface area (TPSA) is 43.7 Å². The van der Waals surface area contributed by atoms with Crippen LogP contribution in [-0.2, 0) is 6.54 Å². The van der Waals surface area contributed by atoms with E-state index in [9.17, 15) is 13.9 Å². The molecule has 0 aliphatic carbocycles. The van der Waals surface area contributed by atoms with Crippen molar-refractivity contribution in [2.24, 2.45) is 0 Å². The van der Waals surface area contributed by atoms with Crippen LogP contribution < -0.4 is 0 Å². The summed E-state index contributed by atoms with van der Waals surface area (Å²) in [6.45, 7) is 1.71. The average Bonchev–Trinajstić information content (AvgIpc) is 2.57. The number of hydrogen-bond acceptors (Lipinski definition) is 3. The molecule has 106 valence electrons. The molecule has 1 atom stereocenters. The first-order valence-electron chi connectivity index (χ1n) is 6.52. The molecule has 2 rings (SSSR count). The molecule has 0 bridgehead atoms. The van der Waals surface area contributed by atoms with Gasteiger partial charge >= 0.3 is 0 Å². The van der Waals surface area contributed by atoms with Gasteiger partial charge in [-0.2, -0.15) is 0 Å². The van der Waals surface area contributed by atoms with Crippen LogP contribution in [0.5, 0.6) is 0 Å². The van der Waals surface area contributed by atoms with Gasteiger partial charge in [-0.25, -0.2) is 8.78 Å². The molecule has 0 spiro atoms. The van der Waals surface area contributed by atoms with Crippen molar-refractivity contribution in [3.8, 4) is 0 Å². The molecule has 1 unspecified atom stereocenters. The van der Waals surface area contributed by atoms with E-state index in [-0.39, 0.29) is 6.61 Å². The highest BCUT2D eigenvalue weighted by atomic mass is 19.2. The number of rotatable bonds is 3. The second kappa shape index (κ2) is 5.94. The van der Waals surface area contributed by atoms with Crippen LogP contribution in [0.1, 0.15) is 24.8 Å². The van der Waals surface area contributed by atoms with Crippen molar-refractivity contribution < 1.29 is 19.0 Å². The smallest absolute Gasteiger partial charge is 0.159 e.